The molecule has 0 saturated carbocycles. The fourth-order valence-corrected chi connectivity index (χ4v) is 3.12. The first-order valence-corrected chi connectivity index (χ1v) is 8.14. The lowest BCUT2D eigenvalue weighted by atomic mass is 10.0. The molecule has 1 saturated heterocycles. The third kappa shape index (κ3) is 2.65. The molecule has 0 atom stereocenters. The highest BCUT2D eigenvalue weighted by molar-refractivity contribution is 6.12. The monoisotopic (exact) mass is 338 g/mol. The van der Waals surface area contributed by atoms with E-state index in [2.05, 4.69) is 36.8 Å². The maximum Gasteiger partial charge on any atom is 0.294 e. The second kappa shape index (κ2) is 6.23. The summed E-state index contributed by atoms with van der Waals surface area (Å²) in [6.45, 7) is 6.24. The van der Waals surface area contributed by atoms with Gasteiger partial charge in [0.25, 0.3) is 5.91 Å². The number of hydrogen-bond donors (Lipinski definition) is 2. The van der Waals surface area contributed by atoms with Gasteiger partial charge in [-0.05, 0) is 42.7 Å². The van der Waals surface area contributed by atoms with Gasteiger partial charge in [0.05, 0.1) is 17.1 Å². The number of carbonyl (C=O) groups excluding carboxylic acids is 1. The van der Waals surface area contributed by atoms with E-state index in [0.29, 0.717) is 11.6 Å². The van der Waals surface area contributed by atoms with Crippen LogP contribution in [0, 0.1) is 0 Å². The van der Waals surface area contributed by atoms with Gasteiger partial charge in [0, 0.05) is 5.70 Å². The third-order valence-electron chi connectivity index (χ3n) is 4.47. The molecule has 0 aromatic heterocycles. The quantitative estimate of drug-likeness (QED) is 0.882. The summed E-state index contributed by atoms with van der Waals surface area (Å²) in [5.41, 5.74) is 8.69. The van der Waals surface area contributed by atoms with Crippen molar-refractivity contribution in [1.82, 2.24) is 5.53 Å². The molecule has 0 bridgehead atoms. The summed E-state index contributed by atoms with van der Waals surface area (Å²) in [6.07, 6.45) is 0. The second-order valence-electron chi connectivity index (χ2n) is 6.44. The first-order valence-electron chi connectivity index (χ1n) is 8.14. The molecule has 1 amide bonds. The predicted molar refractivity (Wildman–Crippen MR) is 100 cm³/mol. The number of rotatable bonds is 2. The molecule has 2 aromatic carbocycles. The molecule has 0 aliphatic carbocycles. The van der Waals surface area contributed by atoms with Crippen LogP contribution in [0.1, 0.15) is 32.3 Å². The maximum absolute atomic E-state index is 12.9. The van der Waals surface area contributed by atoms with Gasteiger partial charge in [-0.25, -0.2) is 10.0 Å². The molecule has 25 heavy (non-hydrogen) atoms. The number of para-hydroxylation sites is 2. The number of anilines is 3. The molecule has 0 spiro atoms. The summed E-state index contributed by atoms with van der Waals surface area (Å²) >= 11 is 0. The van der Waals surface area contributed by atoms with Crippen molar-refractivity contribution in [3.63, 3.8) is 0 Å². The third-order valence-corrected chi connectivity index (χ3v) is 4.47. The van der Waals surface area contributed by atoms with E-state index in [4.69, 9.17) is 0 Å². The molecule has 2 aliphatic rings. The molecule has 6 nitrogen and oxygen atoms in total. The van der Waals surface area contributed by atoms with Crippen LogP contribution in [0.2, 0.25) is 0 Å². The number of hydrogen-bond acceptors (Lipinski definition) is 4. The van der Waals surface area contributed by atoms with Gasteiger partial charge >= 0.3 is 0 Å². The summed E-state index contributed by atoms with van der Waals surface area (Å²) in [6, 6.07) is 16.0. The van der Waals surface area contributed by atoms with Crippen LogP contribution in [0.3, 0.4) is 0 Å². The minimum absolute atomic E-state index is 0. The number of hydrazine groups is 2. The van der Waals surface area contributed by atoms with Gasteiger partial charge in [-0.3, -0.25) is 4.79 Å². The van der Waals surface area contributed by atoms with Gasteiger partial charge in [-0.1, -0.05) is 38.1 Å². The van der Waals surface area contributed by atoms with Crippen molar-refractivity contribution in [3.8, 4) is 0 Å². The standard InChI is InChI=1S/C19H20N4O.H2O/c1-12(2)14-8-10-15(11-9-14)22-19(24)18-13(3)20-16-6-4-5-7-17(16)23(18)21-22;/h4-12,20-21H,1-3H3;1H2. The molecule has 0 unspecified atom stereocenters. The molecule has 2 heterocycles. The summed E-state index contributed by atoms with van der Waals surface area (Å²) < 4.78 is 0. The highest BCUT2D eigenvalue weighted by Crippen LogP contribution is 2.37. The summed E-state index contributed by atoms with van der Waals surface area (Å²) in [5, 5.41) is 6.75. The van der Waals surface area contributed by atoms with E-state index in [1.54, 1.807) is 5.01 Å². The Morgan fingerprint density at radius 2 is 1.64 bits per heavy atom. The van der Waals surface area contributed by atoms with Crippen LogP contribution < -0.4 is 20.9 Å². The van der Waals surface area contributed by atoms with Crippen molar-refractivity contribution >= 4 is 23.0 Å². The van der Waals surface area contributed by atoms with E-state index in [1.807, 2.05) is 48.3 Å². The van der Waals surface area contributed by atoms with Crippen molar-refractivity contribution in [2.45, 2.75) is 26.7 Å². The normalized spacial score (nSPS) is 15.8. The van der Waals surface area contributed by atoms with E-state index in [9.17, 15) is 4.79 Å². The molecule has 0 radical (unpaired) electrons. The number of allylic oxidation sites excluding steroid dienone is 1. The Hall–Kier alpha value is -2.83. The smallest absolute Gasteiger partial charge is 0.294 e. The van der Waals surface area contributed by atoms with Crippen molar-refractivity contribution in [1.29, 1.82) is 0 Å². The minimum Gasteiger partial charge on any atom is -0.412 e. The summed E-state index contributed by atoms with van der Waals surface area (Å²) in [7, 11) is 0. The van der Waals surface area contributed by atoms with E-state index in [1.165, 1.54) is 5.56 Å². The van der Waals surface area contributed by atoms with Crippen molar-refractivity contribution in [2.24, 2.45) is 0 Å². The van der Waals surface area contributed by atoms with Crippen LogP contribution in [0.4, 0.5) is 17.1 Å². The van der Waals surface area contributed by atoms with Crippen molar-refractivity contribution in [3.05, 3.63) is 65.5 Å². The fourth-order valence-electron chi connectivity index (χ4n) is 3.12. The zero-order valence-electron chi connectivity index (χ0n) is 14.5. The van der Waals surface area contributed by atoms with E-state index in [-0.39, 0.29) is 11.4 Å². The van der Waals surface area contributed by atoms with E-state index in [0.717, 1.165) is 22.8 Å². The van der Waals surface area contributed by atoms with Gasteiger partial charge < -0.3 is 10.8 Å². The Kier molecular flexibility index (Phi) is 4.24. The number of nitrogens with zero attached hydrogens (tertiary/aromatic N) is 2. The predicted octanol–water partition coefficient (Wildman–Crippen LogP) is 2.92. The summed E-state index contributed by atoms with van der Waals surface area (Å²) in [4.78, 5) is 12.9. The number of amides is 1. The first-order chi connectivity index (χ1) is 11.6. The second-order valence-corrected chi connectivity index (χ2v) is 6.44. The number of carbonyl (C=O) groups is 1. The van der Waals surface area contributed by atoms with E-state index < -0.39 is 0 Å². The SMILES string of the molecule is CC1=C2C(=O)N(c3ccc(C(C)C)cc3)NN2c2ccccc2N1.O. The van der Waals surface area contributed by atoms with Crippen LogP contribution in [0.25, 0.3) is 0 Å². The Morgan fingerprint density at radius 1 is 0.960 bits per heavy atom. The molecule has 6 heteroatoms. The summed E-state index contributed by atoms with van der Waals surface area (Å²) in [5.74, 6) is 0.403. The Balaban J connectivity index is 0.00000182. The molecule has 130 valence electrons. The largest absolute Gasteiger partial charge is 0.412 e. The molecule has 4 N–H and O–H groups in total. The topological polar surface area (TPSA) is 79.1 Å². The van der Waals surface area contributed by atoms with Crippen LogP contribution in [0.5, 0.6) is 0 Å². The molecule has 4 rings (SSSR count). The first kappa shape index (κ1) is 17.0. The molecular formula is C19H22N4O2. The number of benzene rings is 2. The lowest BCUT2D eigenvalue weighted by Gasteiger charge is -2.28. The van der Waals surface area contributed by atoms with Crippen LogP contribution in [-0.4, -0.2) is 11.4 Å². The minimum atomic E-state index is -0.0631. The van der Waals surface area contributed by atoms with Gasteiger partial charge in [0.2, 0.25) is 0 Å². The Bertz CT molecular complexity index is 843. The van der Waals surface area contributed by atoms with Gasteiger partial charge in [0.15, 0.2) is 0 Å². The number of fused-ring (bicyclic) bond motifs is 3. The van der Waals surface area contributed by atoms with Crippen LogP contribution in [0.15, 0.2) is 59.9 Å². The van der Waals surface area contributed by atoms with Gasteiger partial charge in [0.1, 0.15) is 5.70 Å². The highest BCUT2D eigenvalue weighted by atomic mass is 16.2. The molecule has 1 fully saturated rings. The zero-order valence-corrected chi connectivity index (χ0v) is 14.5. The van der Waals surface area contributed by atoms with Crippen molar-refractivity contribution in [2.75, 3.05) is 15.3 Å². The van der Waals surface area contributed by atoms with E-state index >= 15 is 0 Å². The zero-order chi connectivity index (χ0) is 16.8. The Labute approximate surface area is 147 Å². The van der Waals surface area contributed by atoms with Crippen LogP contribution in [-0.2, 0) is 4.79 Å². The lowest BCUT2D eigenvalue weighted by molar-refractivity contribution is -0.114. The Morgan fingerprint density at radius 3 is 2.32 bits per heavy atom. The van der Waals surface area contributed by atoms with Gasteiger partial charge in [-0.2, -0.15) is 0 Å². The molecular weight excluding hydrogens is 316 g/mol. The maximum atomic E-state index is 12.9. The van der Waals surface area contributed by atoms with Crippen molar-refractivity contribution < 1.29 is 10.3 Å². The van der Waals surface area contributed by atoms with Crippen LogP contribution >= 0.6 is 0 Å². The lowest BCUT2D eigenvalue weighted by Crippen LogP contribution is -2.41. The number of nitrogens with one attached hydrogen (secondary N) is 2. The average Bonchev–Trinajstić information content (AvgIpc) is 2.93. The average molecular weight is 338 g/mol. The van der Waals surface area contributed by atoms with Gasteiger partial charge in [-0.15, -0.1) is 5.53 Å². The highest BCUT2D eigenvalue weighted by Gasteiger charge is 2.39. The fraction of sp³-hybridized carbons (Fsp3) is 0.211. The molecule has 2 aromatic rings. The molecule has 2 aliphatic heterocycles.